The summed E-state index contributed by atoms with van der Waals surface area (Å²) >= 11 is 0. The van der Waals surface area contributed by atoms with Gasteiger partial charge < -0.3 is 5.73 Å². The molecule has 0 amide bonds. The van der Waals surface area contributed by atoms with Gasteiger partial charge in [-0.15, -0.1) is 0 Å². The third kappa shape index (κ3) is 2.37. The first-order valence-corrected chi connectivity index (χ1v) is 4.38. The summed E-state index contributed by atoms with van der Waals surface area (Å²) in [4.78, 5) is 4.19. The molecule has 4 nitrogen and oxygen atoms in total. The smallest absolute Gasteiger partial charge is 0.213 e. The minimum atomic E-state index is 0.126. The van der Waals surface area contributed by atoms with Gasteiger partial charge >= 0.3 is 0 Å². The molecule has 1 unspecified atom stereocenters. The molecule has 0 spiro atoms. The van der Waals surface area contributed by atoms with E-state index in [1.807, 2.05) is 5.48 Å². The van der Waals surface area contributed by atoms with Gasteiger partial charge in [0.15, 0.2) is 0 Å². The van der Waals surface area contributed by atoms with Crippen LogP contribution in [0.3, 0.4) is 0 Å². The Morgan fingerprint density at radius 2 is 2.17 bits per heavy atom. The summed E-state index contributed by atoms with van der Waals surface area (Å²) in [7, 11) is 0. The minimum absolute atomic E-state index is 0.126. The molecule has 1 atom stereocenters. The normalized spacial score (nSPS) is 21.2. The Hall–Kier alpha value is -0.770. The summed E-state index contributed by atoms with van der Waals surface area (Å²) in [6.07, 6.45) is 2.48. The maximum atomic E-state index is 8.46. The number of nitrogens with one attached hydrogen (secondary N) is 1. The average Bonchev–Trinajstić information content (AvgIpc) is 2.81. The van der Waals surface area contributed by atoms with Crippen molar-refractivity contribution in [3.05, 3.63) is 0 Å². The van der Waals surface area contributed by atoms with Crippen molar-refractivity contribution in [3.63, 3.8) is 0 Å². The molecule has 0 radical (unpaired) electrons. The lowest BCUT2D eigenvalue weighted by Crippen LogP contribution is -2.32. The lowest BCUT2D eigenvalue weighted by molar-refractivity contribution is 0.231. The molecule has 0 heterocycles. The van der Waals surface area contributed by atoms with Crippen molar-refractivity contribution in [3.8, 4) is 0 Å². The molecule has 0 aliphatic heterocycles. The molecule has 4 N–H and O–H groups in total. The van der Waals surface area contributed by atoms with Gasteiger partial charge in [0.05, 0.1) is 6.04 Å². The van der Waals surface area contributed by atoms with E-state index in [1.165, 1.54) is 12.8 Å². The van der Waals surface area contributed by atoms with E-state index in [2.05, 4.69) is 18.8 Å². The van der Waals surface area contributed by atoms with Gasteiger partial charge in [-0.25, -0.2) is 10.5 Å². The maximum Gasteiger partial charge on any atom is 0.213 e. The van der Waals surface area contributed by atoms with Crippen LogP contribution in [-0.4, -0.2) is 17.2 Å². The van der Waals surface area contributed by atoms with Crippen LogP contribution in [0.4, 0.5) is 0 Å². The number of hydroxylamine groups is 1. The van der Waals surface area contributed by atoms with Crippen LogP contribution in [-0.2, 0) is 0 Å². The molecule has 70 valence electrons. The zero-order valence-electron chi connectivity index (χ0n) is 7.62. The highest BCUT2D eigenvalue weighted by molar-refractivity contribution is 5.76. The summed E-state index contributed by atoms with van der Waals surface area (Å²) in [5, 5.41) is 8.46. The fraction of sp³-hybridized carbons (Fsp3) is 0.875. The summed E-state index contributed by atoms with van der Waals surface area (Å²) in [6.45, 7) is 4.24. The molecule has 0 aromatic rings. The molecule has 1 saturated carbocycles. The van der Waals surface area contributed by atoms with Crippen LogP contribution >= 0.6 is 0 Å². The highest BCUT2D eigenvalue weighted by Gasteiger charge is 2.33. The molecular weight excluding hydrogens is 154 g/mol. The van der Waals surface area contributed by atoms with E-state index < -0.39 is 0 Å². The van der Waals surface area contributed by atoms with Crippen LogP contribution in [0.5, 0.6) is 0 Å². The van der Waals surface area contributed by atoms with Crippen molar-refractivity contribution in [2.45, 2.75) is 32.7 Å². The fourth-order valence-corrected chi connectivity index (χ4v) is 1.43. The van der Waals surface area contributed by atoms with Gasteiger partial charge in [0.25, 0.3) is 0 Å². The summed E-state index contributed by atoms with van der Waals surface area (Å²) in [5.74, 6) is 1.29. The number of hydrogen-bond donors (Lipinski definition) is 3. The van der Waals surface area contributed by atoms with E-state index >= 15 is 0 Å². The molecule has 4 heteroatoms. The second kappa shape index (κ2) is 3.76. The van der Waals surface area contributed by atoms with Gasteiger partial charge in [-0.2, -0.15) is 0 Å². The molecular formula is C8H17N3O. The zero-order chi connectivity index (χ0) is 9.14. The highest BCUT2D eigenvalue weighted by Crippen LogP contribution is 2.37. The van der Waals surface area contributed by atoms with E-state index in [-0.39, 0.29) is 12.0 Å². The van der Waals surface area contributed by atoms with Gasteiger partial charge in [-0.05, 0) is 24.7 Å². The van der Waals surface area contributed by atoms with Gasteiger partial charge in [-0.1, -0.05) is 13.8 Å². The van der Waals surface area contributed by atoms with E-state index in [1.54, 1.807) is 0 Å². The predicted octanol–water partition coefficient (Wildman–Crippen LogP) is 0.715. The van der Waals surface area contributed by atoms with Crippen molar-refractivity contribution in [2.24, 2.45) is 22.6 Å². The van der Waals surface area contributed by atoms with Crippen molar-refractivity contribution < 1.29 is 5.21 Å². The number of guanidine groups is 1. The lowest BCUT2D eigenvalue weighted by Gasteiger charge is -2.15. The van der Waals surface area contributed by atoms with Crippen LogP contribution < -0.4 is 11.2 Å². The Labute approximate surface area is 72.8 Å². The summed E-state index contributed by atoms with van der Waals surface area (Å²) in [6, 6.07) is 0.268. The second-order valence-electron chi connectivity index (χ2n) is 3.70. The van der Waals surface area contributed by atoms with E-state index in [0.717, 1.165) is 0 Å². The van der Waals surface area contributed by atoms with Crippen molar-refractivity contribution in [1.29, 1.82) is 0 Å². The molecule has 1 rings (SSSR count). The maximum absolute atomic E-state index is 8.46. The number of hydrogen-bond acceptors (Lipinski definition) is 2. The topological polar surface area (TPSA) is 70.6 Å². The molecule has 0 saturated heterocycles. The Balaban J connectivity index is 2.53. The molecule has 1 fully saturated rings. The highest BCUT2D eigenvalue weighted by atomic mass is 16.5. The fourth-order valence-electron chi connectivity index (χ4n) is 1.43. The van der Waals surface area contributed by atoms with Crippen LogP contribution in [0.1, 0.15) is 26.7 Å². The van der Waals surface area contributed by atoms with E-state index in [4.69, 9.17) is 10.9 Å². The molecule has 0 bridgehead atoms. The minimum Gasteiger partial charge on any atom is -0.368 e. The summed E-state index contributed by atoms with van der Waals surface area (Å²) < 4.78 is 0. The first-order chi connectivity index (χ1) is 5.65. The van der Waals surface area contributed by atoms with Gasteiger partial charge in [0.1, 0.15) is 0 Å². The molecule has 0 aromatic carbocycles. The third-order valence-corrected chi connectivity index (χ3v) is 2.19. The van der Waals surface area contributed by atoms with Crippen LogP contribution in [0, 0.1) is 11.8 Å². The number of aliphatic imine (C=N–C) groups is 1. The van der Waals surface area contributed by atoms with Crippen LogP contribution in [0.25, 0.3) is 0 Å². The zero-order valence-corrected chi connectivity index (χ0v) is 7.62. The standard InChI is InChI=1S/C8H17N3O/c1-5(2)7(6-3-4-6)10-8(9)11-12/h5-7,12H,3-4H2,1-2H3,(H3,9,10,11). The van der Waals surface area contributed by atoms with Crippen molar-refractivity contribution >= 4 is 5.96 Å². The first kappa shape index (κ1) is 9.32. The Kier molecular flexibility index (Phi) is 2.92. The largest absolute Gasteiger partial charge is 0.368 e. The van der Waals surface area contributed by atoms with Gasteiger partial charge in [0.2, 0.25) is 5.96 Å². The SMILES string of the molecule is CC(C)C(N=C(N)NO)C1CC1. The van der Waals surface area contributed by atoms with Crippen LogP contribution in [0.2, 0.25) is 0 Å². The Bertz CT molecular complexity index is 173. The predicted molar refractivity (Wildman–Crippen MR) is 47.9 cm³/mol. The molecule has 1 aliphatic rings. The Morgan fingerprint density at radius 3 is 2.50 bits per heavy atom. The summed E-state index contributed by atoms with van der Waals surface area (Å²) in [5.41, 5.74) is 7.23. The number of rotatable bonds is 3. The quantitative estimate of drug-likeness (QED) is 0.333. The molecule has 12 heavy (non-hydrogen) atoms. The van der Waals surface area contributed by atoms with Crippen molar-refractivity contribution in [2.75, 3.05) is 0 Å². The van der Waals surface area contributed by atoms with E-state index in [9.17, 15) is 0 Å². The first-order valence-electron chi connectivity index (χ1n) is 4.38. The molecule has 1 aliphatic carbocycles. The van der Waals surface area contributed by atoms with Gasteiger partial charge in [-0.3, -0.25) is 5.21 Å². The monoisotopic (exact) mass is 171 g/mol. The van der Waals surface area contributed by atoms with Crippen molar-refractivity contribution in [1.82, 2.24) is 5.48 Å². The lowest BCUT2D eigenvalue weighted by atomic mass is 10.0. The molecule has 0 aromatic heterocycles. The number of nitrogens with two attached hydrogens (primary N) is 1. The Morgan fingerprint density at radius 1 is 1.58 bits per heavy atom. The second-order valence-corrected chi connectivity index (χ2v) is 3.70. The van der Waals surface area contributed by atoms with Crippen LogP contribution in [0.15, 0.2) is 4.99 Å². The number of nitrogens with zero attached hydrogens (tertiary/aromatic N) is 1. The van der Waals surface area contributed by atoms with E-state index in [0.29, 0.717) is 11.8 Å². The van der Waals surface area contributed by atoms with Gasteiger partial charge in [0, 0.05) is 0 Å². The average molecular weight is 171 g/mol. The third-order valence-electron chi connectivity index (χ3n) is 2.19.